The summed E-state index contributed by atoms with van der Waals surface area (Å²) in [6, 6.07) is 6.32. The van der Waals surface area contributed by atoms with Crippen LogP contribution in [0.25, 0.3) is 0 Å². The predicted molar refractivity (Wildman–Crippen MR) is 115 cm³/mol. The summed E-state index contributed by atoms with van der Waals surface area (Å²) in [4.78, 5) is 0. The fourth-order valence-electron chi connectivity index (χ4n) is 3.88. The van der Waals surface area contributed by atoms with Gasteiger partial charge in [0.2, 0.25) is 0 Å². The van der Waals surface area contributed by atoms with Crippen molar-refractivity contribution in [1.82, 2.24) is 14.0 Å². The molecule has 0 aliphatic rings. The smallest absolute Gasteiger partial charge is 0.265 e. The summed E-state index contributed by atoms with van der Waals surface area (Å²) in [5.41, 5.74) is 0. The number of nitrogens with zero attached hydrogens (tertiary/aromatic N) is 3. The molecule has 1 rings (SSSR count). The van der Waals surface area contributed by atoms with Gasteiger partial charge in [-0.25, -0.2) is 0 Å². The lowest BCUT2D eigenvalue weighted by molar-refractivity contribution is 0.336. The van der Waals surface area contributed by atoms with Gasteiger partial charge in [-0.2, -0.15) is 0 Å². The van der Waals surface area contributed by atoms with Crippen molar-refractivity contribution < 1.29 is 9.47 Å². The zero-order valence-electron chi connectivity index (χ0n) is 18.1. The molecule has 1 aromatic rings. The third kappa shape index (κ3) is 4.17. The number of rotatable bonds is 12. The van der Waals surface area contributed by atoms with Crippen molar-refractivity contribution in [3.63, 3.8) is 0 Å². The zero-order chi connectivity index (χ0) is 19.7. The number of methoxy groups -OCH3 is 2. The molecule has 0 unspecified atom stereocenters. The van der Waals surface area contributed by atoms with Crippen LogP contribution in [0.4, 0.5) is 0 Å². The van der Waals surface area contributed by atoms with Gasteiger partial charge < -0.3 is 9.47 Å². The number of ether oxygens (including phenoxy) is 2. The molecule has 0 aliphatic heterocycles. The molecule has 0 bridgehead atoms. The molecule has 0 heterocycles. The highest BCUT2D eigenvalue weighted by Crippen LogP contribution is 2.67. The van der Waals surface area contributed by atoms with E-state index in [0.717, 1.165) is 50.8 Å². The molecule has 150 valence electrons. The van der Waals surface area contributed by atoms with Crippen LogP contribution in [-0.2, 0) is 0 Å². The molecule has 0 spiro atoms. The summed E-state index contributed by atoms with van der Waals surface area (Å²) in [6.45, 7) is 19.6. The SMILES string of the molecule is CCN(CC)[P+](c1ccc(OC)cc1OC)(N(CC)CC)N(CC)CC. The molecule has 5 nitrogen and oxygen atoms in total. The Hall–Kier alpha value is -0.870. The average Bonchev–Trinajstić information content (AvgIpc) is 2.69. The van der Waals surface area contributed by atoms with Gasteiger partial charge in [0, 0.05) is 45.3 Å². The monoisotopic (exact) mass is 384 g/mol. The lowest BCUT2D eigenvalue weighted by Gasteiger charge is -2.46. The minimum Gasteiger partial charge on any atom is -0.497 e. The number of benzene rings is 1. The first kappa shape index (κ1) is 23.2. The van der Waals surface area contributed by atoms with Crippen molar-refractivity contribution in [3.05, 3.63) is 18.2 Å². The molecule has 0 N–H and O–H groups in total. The fourth-order valence-corrected chi connectivity index (χ4v) is 8.96. The average molecular weight is 385 g/mol. The van der Waals surface area contributed by atoms with Gasteiger partial charge in [0.15, 0.2) is 11.1 Å². The Bertz CT molecular complexity index is 499. The highest BCUT2D eigenvalue weighted by Gasteiger charge is 2.57. The van der Waals surface area contributed by atoms with Crippen LogP contribution in [0.15, 0.2) is 18.2 Å². The normalized spacial score (nSPS) is 12.3. The van der Waals surface area contributed by atoms with Gasteiger partial charge in [0.05, 0.1) is 14.2 Å². The van der Waals surface area contributed by atoms with Crippen molar-refractivity contribution in [3.8, 4) is 11.5 Å². The van der Waals surface area contributed by atoms with Gasteiger partial charge in [-0.3, -0.25) is 0 Å². The molecule has 0 atom stereocenters. The van der Waals surface area contributed by atoms with Crippen molar-refractivity contribution in [2.75, 3.05) is 53.5 Å². The van der Waals surface area contributed by atoms with Crippen molar-refractivity contribution in [1.29, 1.82) is 0 Å². The quantitative estimate of drug-likeness (QED) is 0.506. The first-order chi connectivity index (χ1) is 12.5. The Morgan fingerprint density at radius 3 is 1.42 bits per heavy atom. The Morgan fingerprint density at radius 1 is 0.692 bits per heavy atom. The van der Waals surface area contributed by atoms with E-state index in [1.54, 1.807) is 14.2 Å². The van der Waals surface area contributed by atoms with Gasteiger partial charge in [-0.05, 0) is 53.7 Å². The zero-order valence-corrected chi connectivity index (χ0v) is 19.0. The summed E-state index contributed by atoms with van der Waals surface area (Å²) in [5.74, 6) is 1.76. The van der Waals surface area contributed by atoms with E-state index in [2.05, 4.69) is 67.7 Å². The Labute approximate surface area is 161 Å². The molecule has 0 saturated heterocycles. The fraction of sp³-hybridized carbons (Fsp3) is 0.700. The van der Waals surface area contributed by atoms with Gasteiger partial charge in [-0.1, -0.05) is 0 Å². The molecule has 26 heavy (non-hydrogen) atoms. The van der Waals surface area contributed by atoms with E-state index in [1.165, 1.54) is 5.30 Å². The molecule has 1 aromatic carbocycles. The minimum atomic E-state index is -1.94. The van der Waals surface area contributed by atoms with Gasteiger partial charge in [-0.15, -0.1) is 14.0 Å². The molecule has 0 aromatic heterocycles. The summed E-state index contributed by atoms with van der Waals surface area (Å²) < 4.78 is 19.3. The molecule has 0 saturated carbocycles. The standard InChI is InChI=1S/C20H39N3O2P/c1-9-21(10-2)26(22(11-3)12-4,23(13-5)14-6)20-16-15-18(24-7)17-19(20)25-8/h15-17H,9-14H2,1-8H3/q+1. The van der Waals surface area contributed by atoms with E-state index < -0.39 is 7.71 Å². The highest BCUT2D eigenvalue weighted by atomic mass is 31.2. The van der Waals surface area contributed by atoms with Crippen LogP contribution in [0.1, 0.15) is 41.5 Å². The largest absolute Gasteiger partial charge is 0.497 e. The second-order valence-electron chi connectivity index (χ2n) is 6.02. The van der Waals surface area contributed by atoms with Gasteiger partial charge in [0.25, 0.3) is 7.71 Å². The van der Waals surface area contributed by atoms with Crippen LogP contribution >= 0.6 is 7.71 Å². The van der Waals surface area contributed by atoms with E-state index in [-0.39, 0.29) is 0 Å². The maximum atomic E-state index is 5.88. The Morgan fingerprint density at radius 2 is 1.12 bits per heavy atom. The number of hydrogen-bond acceptors (Lipinski definition) is 5. The Kier molecular flexibility index (Phi) is 9.88. The first-order valence-electron chi connectivity index (χ1n) is 9.93. The molecule has 0 amide bonds. The van der Waals surface area contributed by atoms with Crippen molar-refractivity contribution in [2.24, 2.45) is 0 Å². The van der Waals surface area contributed by atoms with E-state index >= 15 is 0 Å². The topological polar surface area (TPSA) is 28.2 Å². The highest BCUT2D eigenvalue weighted by molar-refractivity contribution is 7.76. The third-order valence-corrected chi connectivity index (χ3v) is 10.2. The first-order valence-corrected chi connectivity index (χ1v) is 11.6. The van der Waals surface area contributed by atoms with E-state index in [0.29, 0.717) is 0 Å². The van der Waals surface area contributed by atoms with Gasteiger partial charge in [0.1, 0.15) is 5.75 Å². The second kappa shape index (κ2) is 11.1. The molecule has 0 radical (unpaired) electrons. The lowest BCUT2D eigenvalue weighted by atomic mass is 10.3. The van der Waals surface area contributed by atoms with E-state index in [4.69, 9.17) is 9.47 Å². The van der Waals surface area contributed by atoms with Crippen LogP contribution in [0.2, 0.25) is 0 Å². The maximum absolute atomic E-state index is 5.88. The van der Waals surface area contributed by atoms with Crippen LogP contribution in [-0.4, -0.2) is 67.5 Å². The maximum Gasteiger partial charge on any atom is 0.265 e. The third-order valence-electron chi connectivity index (χ3n) is 5.08. The van der Waals surface area contributed by atoms with Gasteiger partial charge >= 0.3 is 0 Å². The van der Waals surface area contributed by atoms with Crippen molar-refractivity contribution in [2.45, 2.75) is 41.5 Å². The summed E-state index contributed by atoms with van der Waals surface area (Å²) in [6.07, 6.45) is 0. The summed E-state index contributed by atoms with van der Waals surface area (Å²) in [7, 11) is 1.52. The summed E-state index contributed by atoms with van der Waals surface area (Å²) >= 11 is 0. The summed E-state index contributed by atoms with van der Waals surface area (Å²) in [5, 5.41) is 1.29. The molecule has 0 aliphatic carbocycles. The van der Waals surface area contributed by atoms with Crippen LogP contribution in [0.3, 0.4) is 0 Å². The van der Waals surface area contributed by atoms with Crippen LogP contribution in [0, 0.1) is 0 Å². The van der Waals surface area contributed by atoms with Crippen LogP contribution < -0.4 is 14.8 Å². The molecule has 0 fully saturated rings. The molecular weight excluding hydrogens is 345 g/mol. The molecular formula is C20H39N3O2P+. The molecule has 6 heteroatoms. The lowest BCUT2D eigenvalue weighted by Crippen LogP contribution is -2.50. The van der Waals surface area contributed by atoms with Crippen molar-refractivity contribution >= 4 is 13.0 Å². The van der Waals surface area contributed by atoms with E-state index in [1.807, 2.05) is 6.07 Å². The Balaban J connectivity index is 3.86. The number of hydrogen-bond donors (Lipinski definition) is 0. The second-order valence-corrected chi connectivity index (χ2v) is 9.34. The minimum absolute atomic E-state index is 0.836. The predicted octanol–water partition coefficient (Wildman–Crippen LogP) is 4.12. The van der Waals surface area contributed by atoms with Crippen LogP contribution in [0.5, 0.6) is 11.5 Å². The van der Waals surface area contributed by atoms with E-state index in [9.17, 15) is 0 Å².